The summed E-state index contributed by atoms with van der Waals surface area (Å²) in [4.78, 5) is 22.9. The topological polar surface area (TPSA) is 63.6 Å². The van der Waals surface area contributed by atoms with E-state index in [9.17, 15) is 9.59 Å². The van der Waals surface area contributed by atoms with Crippen LogP contribution in [0.4, 0.5) is 0 Å². The zero-order chi connectivity index (χ0) is 15.7. The standard InChI is InChI=1S/C18H16O4/c1-2-22-18(21)14-6-8-16-12(10-14)4-3-11-9-13(17(19)20)5-7-15(11)16/h5-10H,2-4H2,1H3,(H,19,20). The van der Waals surface area contributed by atoms with E-state index in [1.807, 2.05) is 18.2 Å². The van der Waals surface area contributed by atoms with Crippen LogP contribution in [0.2, 0.25) is 0 Å². The Balaban J connectivity index is 2.01. The summed E-state index contributed by atoms with van der Waals surface area (Å²) in [6.07, 6.45) is 1.56. The van der Waals surface area contributed by atoms with Crippen molar-refractivity contribution in [2.24, 2.45) is 0 Å². The van der Waals surface area contributed by atoms with Gasteiger partial charge in [0, 0.05) is 0 Å². The lowest BCUT2D eigenvalue weighted by molar-refractivity contribution is 0.0525. The van der Waals surface area contributed by atoms with Crippen LogP contribution in [-0.4, -0.2) is 23.7 Å². The zero-order valence-electron chi connectivity index (χ0n) is 12.3. The number of hydrogen-bond acceptors (Lipinski definition) is 3. The predicted octanol–water partition coefficient (Wildman–Crippen LogP) is 3.33. The second-order valence-corrected chi connectivity index (χ2v) is 5.27. The van der Waals surface area contributed by atoms with Gasteiger partial charge in [-0.05, 0) is 66.3 Å². The molecule has 0 radical (unpaired) electrons. The molecule has 0 fully saturated rings. The van der Waals surface area contributed by atoms with E-state index in [-0.39, 0.29) is 5.97 Å². The Hall–Kier alpha value is -2.62. The van der Waals surface area contributed by atoms with Gasteiger partial charge in [0.15, 0.2) is 0 Å². The summed E-state index contributed by atoms with van der Waals surface area (Å²) in [6.45, 7) is 2.14. The third-order valence-corrected chi connectivity index (χ3v) is 3.92. The van der Waals surface area contributed by atoms with Gasteiger partial charge in [-0.3, -0.25) is 0 Å². The number of benzene rings is 2. The largest absolute Gasteiger partial charge is 0.478 e. The van der Waals surface area contributed by atoms with Gasteiger partial charge < -0.3 is 9.84 Å². The smallest absolute Gasteiger partial charge is 0.338 e. The molecule has 1 N–H and O–H groups in total. The third-order valence-electron chi connectivity index (χ3n) is 3.92. The molecule has 0 aliphatic heterocycles. The fourth-order valence-corrected chi connectivity index (χ4v) is 2.87. The zero-order valence-corrected chi connectivity index (χ0v) is 12.3. The van der Waals surface area contributed by atoms with E-state index in [0.29, 0.717) is 17.7 Å². The van der Waals surface area contributed by atoms with Crippen molar-refractivity contribution in [2.75, 3.05) is 6.61 Å². The second-order valence-electron chi connectivity index (χ2n) is 5.27. The predicted molar refractivity (Wildman–Crippen MR) is 82.2 cm³/mol. The number of carboxylic acids is 1. The molecule has 0 unspecified atom stereocenters. The van der Waals surface area contributed by atoms with Gasteiger partial charge in [-0.15, -0.1) is 0 Å². The molecule has 0 bridgehead atoms. The molecule has 0 spiro atoms. The molecule has 4 heteroatoms. The maximum Gasteiger partial charge on any atom is 0.338 e. The minimum absolute atomic E-state index is 0.308. The van der Waals surface area contributed by atoms with E-state index < -0.39 is 5.97 Å². The summed E-state index contributed by atoms with van der Waals surface area (Å²) >= 11 is 0. The molecule has 2 aromatic carbocycles. The fraction of sp³-hybridized carbons (Fsp3) is 0.222. The van der Waals surface area contributed by atoms with Gasteiger partial charge in [-0.2, -0.15) is 0 Å². The lowest BCUT2D eigenvalue weighted by atomic mass is 9.84. The molecule has 112 valence electrons. The molecule has 0 amide bonds. The van der Waals surface area contributed by atoms with Crippen molar-refractivity contribution >= 4 is 11.9 Å². The van der Waals surface area contributed by atoms with Crippen LogP contribution in [-0.2, 0) is 17.6 Å². The number of aryl methyl sites for hydroxylation is 2. The molecule has 0 saturated heterocycles. The number of hydrogen-bond donors (Lipinski definition) is 1. The number of aromatic carboxylic acids is 1. The summed E-state index contributed by atoms with van der Waals surface area (Å²) in [6, 6.07) is 10.8. The second kappa shape index (κ2) is 5.64. The van der Waals surface area contributed by atoms with Gasteiger partial charge in [0.1, 0.15) is 0 Å². The van der Waals surface area contributed by atoms with E-state index in [4.69, 9.17) is 9.84 Å². The third kappa shape index (κ3) is 2.48. The van der Waals surface area contributed by atoms with Crippen LogP contribution in [0.1, 0.15) is 38.8 Å². The normalized spacial score (nSPS) is 12.2. The molecule has 0 saturated carbocycles. The minimum Gasteiger partial charge on any atom is -0.478 e. The minimum atomic E-state index is -0.911. The molecule has 0 aromatic heterocycles. The van der Waals surface area contributed by atoms with Crippen molar-refractivity contribution in [2.45, 2.75) is 19.8 Å². The highest BCUT2D eigenvalue weighted by Crippen LogP contribution is 2.34. The average Bonchev–Trinajstić information content (AvgIpc) is 2.53. The fourth-order valence-electron chi connectivity index (χ4n) is 2.87. The lowest BCUT2D eigenvalue weighted by Crippen LogP contribution is -2.09. The van der Waals surface area contributed by atoms with Crippen molar-refractivity contribution in [3.63, 3.8) is 0 Å². The average molecular weight is 296 g/mol. The van der Waals surface area contributed by atoms with Crippen molar-refractivity contribution in [1.29, 1.82) is 0 Å². The molecular weight excluding hydrogens is 280 g/mol. The SMILES string of the molecule is CCOC(=O)c1ccc2c(c1)CCc1cc(C(=O)O)ccc1-2. The van der Waals surface area contributed by atoms with Crippen LogP contribution < -0.4 is 0 Å². The molecular formula is C18H16O4. The van der Waals surface area contributed by atoms with Crippen LogP contribution in [0.5, 0.6) is 0 Å². The first-order valence-corrected chi connectivity index (χ1v) is 7.26. The Bertz CT molecular complexity index is 762. The number of ether oxygens (including phenoxy) is 1. The first-order valence-electron chi connectivity index (χ1n) is 7.26. The van der Waals surface area contributed by atoms with E-state index in [1.54, 1.807) is 25.1 Å². The lowest BCUT2D eigenvalue weighted by Gasteiger charge is -2.20. The first-order chi connectivity index (χ1) is 10.6. The van der Waals surface area contributed by atoms with Crippen LogP contribution in [0.25, 0.3) is 11.1 Å². The van der Waals surface area contributed by atoms with Gasteiger partial charge in [0.2, 0.25) is 0 Å². The summed E-state index contributed by atoms with van der Waals surface area (Å²) in [7, 11) is 0. The molecule has 0 atom stereocenters. The summed E-state index contributed by atoms with van der Waals surface area (Å²) in [5, 5.41) is 9.08. The molecule has 1 aliphatic rings. The Morgan fingerprint density at radius 1 is 1.00 bits per heavy atom. The first kappa shape index (κ1) is 14.3. The Morgan fingerprint density at radius 2 is 1.55 bits per heavy atom. The molecule has 0 heterocycles. The number of carbonyl (C=O) groups excluding carboxylic acids is 1. The molecule has 1 aliphatic carbocycles. The monoisotopic (exact) mass is 296 g/mol. The van der Waals surface area contributed by atoms with Crippen molar-refractivity contribution in [1.82, 2.24) is 0 Å². The molecule has 4 nitrogen and oxygen atoms in total. The van der Waals surface area contributed by atoms with E-state index >= 15 is 0 Å². The quantitative estimate of drug-likeness (QED) is 0.882. The Morgan fingerprint density at radius 3 is 2.09 bits per heavy atom. The number of carboxylic acid groups (broad SMARTS) is 1. The van der Waals surface area contributed by atoms with Crippen LogP contribution in [0, 0.1) is 0 Å². The van der Waals surface area contributed by atoms with E-state index in [1.165, 1.54) is 0 Å². The highest BCUT2D eigenvalue weighted by Gasteiger charge is 2.19. The maximum atomic E-state index is 11.8. The van der Waals surface area contributed by atoms with Gasteiger partial charge in [0.25, 0.3) is 0 Å². The van der Waals surface area contributed by atoms with Crippen molar-refractivity contribution in [3.05, 3.63) is 58.7 Å². The number of carbonyl (C=O) groups is 2. The summed E-state index contributed by atoms with van der Waals surface area (Å²) < 4.78 is 5.03. The molecule has 3 rings (SSSR count). The van der Waals surface area contributed by atoms with Gasteiger partial charge in [-0.25, -0.2) is 9.59 Å². The van der Waals surface area contributed by atoms with Gasteiger partial charge in [-0.1, -0.05) is 12.1 Å². The van der Waals surface area contributed by atoms with Crippen molar-refractivity contribution < 1.29 is 19.4 Å². The van der Waals surface area contributed by atoms with Crippen LogP contribution in [0.3, 0.4) is 0 Å². The van der Waals surface area contributed by atoms with E-state index in [0.717, 1.165) is 35.1 Å². The Labute approximate surface area is 128 Å². The van der Waals surface area contributed by atoms with Gasteiger partial charge in [0.05, 0.1) is 17.7 Å². The maximum absolute atomic E-state index is 11.8. The van der Waals surface area contributed by atoms with Crippen LogP contribution >= 0.6 is 0 Å². The number of fused-ring (bicyclic) bond motifs is 3. The summed E-state index contributed by atoms with van der Waals surface area (Å²) in [5.41, 5.74) is 5.11. The van der Waals surface area contributed by atoms with Gasteiger partial charge >= 0.3 is 11.9 Å². The number of esters is 1. The molecule has 22 heavy (non-hydrogen) atoms. The Kier molecular flexibility index (Phi) is 3.67. The van der Waals surface area contributed by atoms with Crippen LogP contribution in [0.15, 0.2) is 36.4 Å². The van der Waals surface area contributed by atoms with Crippen molar-refractivity contribution in [3.8, 4) is 11.1 Å². The molecule has 2 aromatic rings. The highest BCUT2D eigenvalue weighted by atomic mass is 16.5. The highest BCUT2D eigenvalue weighted by molar-refractivity contribution is 5.92. The summed E-state index contributed by atoms with van der Waals surface area (Å²) in [5.74, 6) is -1.22. The van der Waals surface area contributed by atoms with E-state index in [2.05, 4.69) is 0 Å². The number of rotatable bonds is 3.